The fourth-order valence-electron chi connectivity index (χ4n) is 4.54. The predicted octanol–water partition coefficient (Wildman–Crippen LogP) is 2.99. The third-order valence-electron chi connectivity index (χ3n) is 6.23. The number of nitrogens with zero attached hydrogens (tertiary/aromatic N) is 4. The van der Waals surface area contributed by atoms with Crippen molar-refractivity contribution >= 4 is 17.1 Å². The molecule has 1 aromatic heterocycles. The summed E-state index contributed by atoms with van der Waals surface area (Å²) in [7, 11) is 0. The largest absolute Gasteiger partial charge is 0.444 e. The van der Waals surface area contributed by atoms with Crippen LogP contribution in [0.2, 0.25) is 0 Å². The Bertz CT molecular complexity index is 1060. The van der Waals surface area contributed by atoms with Gasteiger partial charge in [-0.25, -0.2) is 18.4 Å². The third kappa shape index (κ3) is 5.22. The fourth-order valence-corrected chi connectivity index (χ4v) is 4.54. The summed E-state index contributed by atoms with van der Waals surface area (Å²) in [5, 5.41) is 0. The van der Waals surface area contributed by atoms with E-state index in [2.05, 4.69) is 4.90 Å². The van der Waals surface area contributed by atoms with Crippen molar-refractivity contribution in [2.75, 3.05) is 45.9 Å². The Balaban J connectivity index is 1.57. The summed E-state index contributed by atoms with van der Waals surface area (Å²) in [5.41, 5.74) is -0.0855. The molecule has 33 heavy (non-hydrogen) atoms. The van der Waals surface area contributed by atoms with E-state index in [1.54, 1.807) is 9.47 Å². The molecule has 8 nitrogen and oxygen atoms in total. The molecule has 3 heterocycles. The van der Waals surface area contributed by atoms with E-state index in [1.807, 2.05) is 20.8 Å². The Morgan fingerprint density at radius 2 is 1.64 bits per heavy atom. The molecule has 2 aliphatic rings. The van der Waals surface area contributed by atoms with Gasteiger partial charge in [-0.1, -0.05) is 0 Å². The van der Waals surface area contributed by atoms with Crippen molar-refractivity contribution in [3.63, 3.8) is 0 Å². The Morgan fingerprint density at radius 3 is 2.24 bits per heavy atom. The highest BCUT2D eigenvalue weighted by molar-refractivity contribution is 5.76. The SMILES string of the molecule is CC(C)(C)OC(=O)N1CCC(n2c(=O)n(CCN3CCOCC3)c3cc(F)c(F)cc32)CC1. The number of fused-ring (bicyclic) bond motifs is 1. The summed E-state index contributed by atoms with van der Waals surface area (Å²) in [4.78, 5) is 29.6. The molecule has 2 aromatic rings. The summed E-state index contributed by atoms with van der Waals surface area (Å²) in [6, 6.07) is 2.00. The molecule has 182 valence electrons. The van der Waals surface area contributed by atoms with Crippen LogP contribution < -0.4 is 5.69 Å². The van der Waals surface area contributed by atoms with Crippen molar-refractivity contribution in [1.82, 2.24) is 18.9 Å². The first-order chi connectivity index (χ1) is 15.6. The minimum Gasteiger partial charge on any atom is -0.444 e. The van der Waals surface area contributed by atoms with Gasteiger partial charge in [0.2, 0.25) is 0 Å². The van der Waals surface area contributed by atoms with E-state index in [-0.39, 0.29) is 17.8 Å². The number of hydrogen-bond acceptors (Lipinski definition) is 5. The molecular formula is C23H32F2N4O4. The van der Waals surface area contributed by atoms with Gasteiger partial charge in [0.25, 0.3) is 0 Å². The Labute approximate surface area is 191 Å². The molecule has 0 atom stereocenters. The Morgan fingerprint density at radius 1 is 1.03 bits per heavy atom. The number of amides is 1. The number of morpholine rings is 1. The summed E-state index contributed by atoms with van der Waals surface area (Å²) < 4.78 is 42.2. The highest BCUT2D eigenvalue weighted by Crippen LogP contribution is 2.28. The number of ether oxygens (including phenoxy) is 2. The number of rotatable bonds is 4. The van der Waals surface area contributed by atoms with E-state index >= 15 is 0 Å². The molecule has 1 aromatic carbocycles. The maximum atomic E-state index is 14.1. The molecule has 0 aliphatic carbocycles. The van der Waals surface area contributed by atoms with E-state index in [0.717, 1.165) is 25.2 Å². The minimum absolute atomic E-state index is 0.215. The lowest BCUT2D eigenvalue weighted by molar-refractivity contribution is 0.0188. The van der Waals surface area contributed by atoms with Gasteiger partial charge in [-0.15, -0.1) is 0 Å². The molecule has 2 fully saturated rings. The number of aromatic nitrogens is 2. The number of piperidine rings is 1. The van der Waals surface area contributed by atoms with Crippen LogP contribution in [-0.4, -0.2) is 76.6 Å². The molecule has 0 bridgehead atoms. The van der Waals surface area contributed by atoms with Crippen LogP contribution in [0.4, 0.5) is 13.6 Å². The van der Waals surface area contributed by atoms with Crippen LogP contribution in [0.1, 0.15) is 39.7 Å². The van der Waals surface area contributed by atoms with Crippen LogP contribution in [0.15, 0.2) is 16.9 Å². The second-order valence-corrected chi connectivity index (χ2v) is 9.71. The molecule has 2 saturated heterocycles. The zero-order valence-electron chi connectivity index (χ0n) is 19.5. The van der Waals surface area contributed by atoms with Crippen molar-refractivity contribution in [1.29, 1.82) is 0 Å². The topological polar surface area (TPSA) is 68.9 Å². The molecule has 0 saturated carbocycles. The number of halogens is 2. The van der Waals surface area contributed by atoms with Crippen molar-refractivity contribution in [3.8, 4) is 0 Å². The zero-order valence-corrected chi connectivity index (χ0v) is 19.5. The molecule has 2 aliphatic heterocycles. The van der Waals surface area contributed by atoms with Crippen LogP contribution in [0, 0.1) is 11.6 Å². The monoisotopic (exact) mass is 466 g/mol. The molecule has 0 spiro atoms. The first-order valence-electron chi connectivity index (χ1n) is 11.5. The molecule has 4 rings (SSSR count). The summed E-state index contributed by atoms with van der Waals surface area (Å²) in [6.07, 6.45) is 0.677. The van der Waals surface area contributed by atoms with Crippen molar-refractivity contribution in [2.45, 2.75) is 51.8 Å². The van der Waals surface area contributed by atoms with Gasteiger partial charge in [0.15, 0.2) is 11.6 Å². The number of imidazole rings is 1. The molecule has 10 heteroatoms. The van der Waals surface area contributed by atoms with E-state index in [0.29, 0.717) is 63.3 Å². The van der Waals surface area contributed by atoms with Crippen LogP contribution >= 0.6 is 0 Å². The minimum atomic E-state index is -0.979. The van der Waals surface area contributed by atoms with Crippen LogP contribution in [0.5, 0.6) is 0 Å². The van der Waals surface area contributed by atoms with Crippen molar-refractivity contribution in [2.24, 2.45) is 0 Å². The van der Waals surface area contributed by atoms with E-state index in [4.69, 9.17) is 9.47 Å². The zero-order chi connectivity index (χ0) is 23.8. The average Bonchev–Trinajstić information content (AvgIpc) is 3.02. The average molecular weight is 467 g/mol. The lowest BCUT2D eigenvalue weighted by Crippen LogP contribution is -2.43. The van der Waals surface area contributed by atoms with Crippen molar-refractivity contribution < 1.29 is 23.0 Å². The second kappa shape index (κ2) is 9.42. The fraction of sp³-hybridized carbons (Fsp3) is 0.652. The molecule has 0 radical (unpaired) electrons. The van der Waals surface area contributed by atoms with Crippen LogP contribution in [0.3, 0.4) is 0 Å². The third-order valence-corrected chi connectivity index (χ3v) is 6.23. The highest BCUT2D eigenvalue weighted by Gasteiger charge is 2.30. The van der Waals surface area contributed by atoms with E-state index < -0.39 is 17.2 Å². The van der Waals surface area contributed by atoms with E-state index in [1.165, 1.54) is 4.57 Å². The van der Waals surface area contributed by atoms with Gasteiger partial charge >= 0.3 is 11.8 Å². The number of benzene rings is 1. The van der Waals surface area contributed by atoms with Gasteiger partial charge in [-0.2, -0.15) is 0 Å². The first-order valence-corrected chi connectivity index (χ1v) is 11.5. The smallest absolute Gasteiger partial charge is 0.410 e. The number of carbonyl (C=O) groups excluding carboxylic acids is 1. The Hall–Kier alpha value is -2.46. The van der Waals surface area contributed by atoms with Gasteiger partial charge in [0.05, 0.1) is 24.2 Å². The maximum Gasteiger partial charge on any atom is 0.410 e. The molecular weight excluding hydrogens is 434 g/mol. The Kier molecular flexibility index (Phi) is 6.76. The summed E-state index contributed by atoms with van der Waals surface area (Å²) in [5.74, 6) is -1.95. The van der Waals surface area contributed by atoms with Gasteiger partial charge in [-0.05, 0) is 33.6 Å². The van der Waals surface area contributed by atoms with Gasteiger partial charge in [0.1, 0.15) is 5.60 Å². The highest BCUT2D eigenvalue weighted by atomic mass is 19.2. The number of likely N-dealkylation sites (tertiary alicyclic amines) is 1. The van der Waals surface area contributed by atoms with Gasteiger partial charge in [-0.3, -0.25) is 14.0 Å². The second-order valence-electron chi connectivity index (χ2n) is 9.71. The summed E-state index contributed by atoms with van der Waals surface area (Å²) >= 11 is 0. The lowest BCUT2D eigenvalue weighted by Gasteiger charge is -2.33. The maximum absolute atomic E-state index is 14.1. The van der Waals surface area contributed by atoms with Gasteiger partial charge < -0.3 is 14.4 Å². The summed E-state index contributed by atoms with van der Waals surface area (Å²) in [6.45, 7) is 10.2. The van der Waals surface area contributed by atoms with Crippen LogP contribution in [-0.2, 0) is 16.0 Å². The standard InChI is InChI=1S/C23H32F2N4O4/c1-23(2,3)33-22(31)27-6-4-16(5-7-27)29-20-15-18(25)17(24)14-19(20)28(21(29)30)9-8-26-10-12-32-13-11-26/h14-16H,4-13H2,1-3H3. The first kappa shape index (κ1) is 23.7. The number of carbonyl (C=O) groups is 1. The normalized spacial score (nSPS) is 18.8. The van der Waals surface area contributed by atoms with Crippen molar-refractivity contribution in [3.05, 3.63) is 34.3 Å². The van der Waals surface area contributed by atoms with Crippen LogP contribution in [0.25, 0.3) is 11.0 Å². The predicted molar refractivity (Wildman–Crippen MR) is 119 cm³/mol. The quantitative estimate of drug-likeness (QED) is 0.693. The van der Waals surface area contributed by atoms with Gasteiger partial charge in [0, 0.05) is 57.4 Å². The molecule has 0 N–H and O–H groups in total. The lowest BCUT2D eigenvalue weighted by atomic mass is 10.0. The molecule has 1 amide bonds. The molecule has 0 unspecified atom stereocenters. The van der Waals surface area contributed by atoms with E-state index in [9.17, 15) is 18.4 Å². The number of hydrogen-bond donors (Lipinski definition) is 0.